The highest BCUT2D eigenvalue weighted by molar-refractivity contribution is 6.30. The zero-order valence-corrected chi connectivity index (χ0v) is 10.9. The molecule has 2 nitrogen and oxygen atoms in total. The third kappa shape index (κ3) is 2.67. The molecule has 0 bridgehead atoms. The molecule has 0 radical (unpaired) electrons. The monoisotopic (exact) mass is 257 g/mol. The molecule has 4 heteroatoms. The number of hydrogen-bond donors (Lipinski definition) is 1. The SMILES string of the molecule is CCC(CC)(CN)C(=O)c1ccc(Cl)cc1F. The van der Waals surface area contributed by atoms with Crippen LogP contribution in [0.2, 0.25) is 5.02 Å². The average molecular weight is 258 g/mol. The van der Waals surface area contributed by atoms with Gasteiger partial charge in [0.25, 0.3) is 0 Å². The van der Waals surface area contributed by atoms with E-state index in [0.29, 0.717) is 12.8 Å². The molecule has 0 amide bonds. The summed E-state index contributed by atoms with van der Waals surface area (Å²) >= 11 is 5.66. The van der Waals surface area contributed by atoms with Gasteiger partial charge in [0.1, 0.15) is 5.82 Å². The van der Waals surface area contributed by atoms with E-state index in [1.807, 2.05) is 13.8 Å². The number of Topliss-reactive ketones (excluding diaryl/α,β-unsaturated/α-hetero) is 1. The lowest BCUT2D eigenvalue weighted by Crippen LogP contribution is -2.38. The Balaban J connectivity index is 3.19. The van der Waals surface area contributed by atoms with Gasteiger partial charge in [-0.15, -0.1) is 0 Å². The van der Waals surface area contributed by atoms with Crippen LogP contribution in [-0.4, -0.2) is 12.3 Å². The molecule has 0 saturated carbocycles. The second-order valence-corrected chi connectivity index (χ2v) is 4.58. The van der Waals surface area contributed by atoms with Crippen LogP contribution in [-0.2, 0) is 0 Å². The number of rotatable bonds is 5. The fraction of sp³-hybridized carbons (Fsp3) is 0.462. The highest BCUT2D eigenvalue weighted by Crippen LogP contribution is 2.31. The van der Waals surface area contributed by atoms with E-state index in [2.05, 4.69) is 0 Å². The standard InChI is InChI=1S/C13H17ClFNO/c1-3-13(4-2,8-16)12(17)10-6-5-9(14)7-11(10)15/h5-7H,3-4,8,16H2,1-2H3. The minimum atomic E-state index is -0.672. The summed E-state index contributed by atoms with van der Waals surface area (Å²) < 4.78 is 13.7. The molecule has 0 aliphatic rings. The number of halogens is 2. The number of carbonyl (C=O) groups is 1. The average Bonchev–Trinajstić information content (AvgIpc) is 2.32. The zero-order chi connectivity index (χ0) is 13.1. The first-order valence-electron chi connectivity index (χ1n) is 5.70. The van der Waals surface area contributed by atoms with Crippen molar-refractivity contribution in [1.29, 1.82) is 0 Å². The van der Waals surface area contributed by atoms with E-state index in [9.17, 15) is 9.18 Å². The maximum atomic E-state index is 13.7. The fourth-order valence-corrected chi connectivity index (χ4v) is 2.07. The summed E-state index contributed by atoms with van der Waals surface area (Å²) in [7, 11) is 0. The second kappa shape index (κ2) is 5.61. The van der Waals surface area contributed by atoms with E-state index in [1.165, 1.54) is 12.1 Å². The van der Waals surface area contributed by atoms with Crippen molar-refractivity contribution in [3.05, 3.63) is 34.6 Å². The van der Waals surface area contributed by atoms with E-state index in [-0.39, 0.29) is 22.9 Å². The van der Waals surface area contributed by atoms with Crippen LogP contribution < -0.4 is 5.73 Å². The van der Waals surface area contributed by atoms with Crippen molar-refractivity contribution in [3.63, 3.8) is 0 Å². The molecule has 1 aromatic carbocycles. The van der Waals surface area contributed by atoms with E-state index < -0.39 is 11.2 Å². The lowest BCUT2D eigenvalue weighted by Gasteiger charge is -2.28. The van der Waals surface area contributed by atoms with Crippen LogP contribution in [0.3, 0.4) is 0 Å². The van der Waals surface area contributed by atoms with Crippen molar-refractivity contribution in [2.75, 3.05) is 6.54 Å². The van der Waals surface area contributed by atoms with Gasteiger partial charge in [-0.2, -0.15) is 0 Å². The van der Waals surface area contributed by atoms with Gasteiger partial charge in [-0.1, -0.05) is 25.4 Å². The van der Waals surface area contributed by atoms with Gasteiger partial charge in [-0.05, 0) is 31.0 Å². The molecule has 0 aliphatic carbocycles. The first-order chi connectivity index (χ1) is 8.00. The number of benzene rings is 1. The summed E-state index contributed by atoms with van der Waals surface area (Å²) in [5, 5.41) is 0.283. The molecule has 1 rings (SSSR count). The van der Waals surface area contributed by atoms with Gasteiger partial charge in [-0.25, -0.2) is 4.39 Å². The quantitative estimate of drug-likeness (QED) is 0.822. The van der Waals surface area contributed by atoms with Gasteiger partial charge in [0.2, 0.25) is 0 Å². The Morgan fingerprint density at radius 2 is 2.00 bits per heavy atom. The Hall–Kier alpha value is -0.930. The molecule has 94 valence electrons. The van der Waals surface area contributed by atoms with Crippen molar-refractivity contribution < 1.29 is 9.18 Å². The van der Waals surface area contributed by atoms with E-state index in [0.717, 1.165) is 6.07 Å². The molecule has 0 unspecified atom stereocenters. The molecule has 0 aromatic heterocycles. The minimum Gasteiger partial charge on any atom is -0.329 e. The summed E-state index contributed by atoms with van der Waals surface area (Å²) in [4.78, 5) is 12.3. The van der Waals surface area contributed by atoms with Crippen molar-refractivity contribution in [1.82, 2.24) is 0 Å². The van der Waals surface area contributed by atoms with Gasteiger partial charge in [0.05, 0.1) is 5.56 Å². The summed E-state index contributed by atoms with van der Waals surface area (Å²) in [6, 6.07) is 4.10. The summed E-state index contributed by atoms with van der Waals surface area (Å²) in [5.41, 5.74) is 5.08. The normalized spacial score (nSPS) is 11.6. The van der Waals surface area contributed by atoms with Crippen molar-refractivity contribution >= 4 is 17.4 Å². The first kappa shape index (κ1) is 14.1. The van der Waals surface area contributed by atoms with Gasteiger partial charge >= 0.3 is 0 Å². The fourth-order valence-electron chi connectivity index (χ4n) is 1.91. The smallest absolute Gasteiger partial charge is 0.173 e. The number of nitrogens with two attached hydrogens (primary N) is 1. The summed E-state index contributed by atoms with van der Waals surface area (Å²) in [6.07, 6.45) is 1.20. The molecule has 0 atom stereocenters. The third-order valence-electron chi connectivity index (χ3n) is 3.40. The van der Waals surface area contributed by atoms with Crippen molar-refractivity contribution in [3.8, 4) is 0 Å². The predicted octanol–water partition coefficient (Wildman–Crippen LogP) is 3.43. The largest absolute Gasteiger partial charge is 0.329 e. The van der Waals surface area contributed by atoms with Crippen LogP contribution in [0, 0.1) is 11.2 Å². The van der Waals surface area contributed by atoms with Crippen molar-refractivity contribution in [2.24, 2.45) is 11.1 Å². The first-order valence-corrected chi connectivity index (χ1v) is 6.08. The molecule has 0 fully saturated rings. The summed E-state index contributed by atoms with van der Waals surface area (Å²) in [6.45, 7) is 4.01. The molecular weight excluding hydrogens is 241 g/mol. The lowest BCUT2D eigenvalue weighted by molar-refractivity contribution is 0.0783. The molecule has 0 aliphatic heterocycles. The van der Waals surface area contributed by atoms with E-state index in [4.69, 9.17) is 17.3 Å². The van der Waals surface area contributed by atoms with Gasteiger partial charge in [0.15, 0.2) is 5.78 Å². The highest BCUT2D eigenvalue weighted by atomic mass is 35.5. The Morgan fingerprint density at radius 3 is 2.41 bits per heavy atom. The molecule has 2 N–H and O–H groups in total. The van der Waals surface area contributed by atoms with E-state index in [1.54, 1.807) is 0 Å². The van der Waals surface area contributed by atoms with Crippen LogP contribution in [0.25, 0.3) is 0 Å². The van der Waals surface area contributed by atoms with Crippen LogP contribution >= 0.6 is 11.6 Å². The Bertz CT molecular complexity index is 408. The zero-order valence-electron chi connectivity index (χ0n) is 10.1. The van der Waals surface area contributed by atoms with Crippen LogP contribution in [0.4, 0.5) is 4.39 Å². The molecule has 0 spiro atoms. The number of ketones is 1. The molecule has 0 saturated heterocycles. The third-order valence-corrected chi connectivity index (χ3v) is 3.64. The van der Waals surface area contributed by atoms with Gasteiger partial charge in [-0.3, -0.25) is 4.79 Å². The second-order valence-electron chi connectivity index (χ2n) is 4.14. The number of carbonyl (C=O) groups excluding carboxylic acids is 1. The van der Waals surface area contributed by atoms with Crippen LogP contribution in [0.15, 0.2) is 18.2 Å². The molecule has 0 heterocycles. The molecular formula is C13H17ClFNO. The van der Waals surface area contributed by atoms with Crippen molar-refractivity contribution in [2.45, 2.75) is 26.7 Å². The Kier molecular flexibility index (Phi) is 4.66. The topological polar surface area (TPSA) is 43.1 Å². The number of hydrogen-bond acceptors (Lipinski definition) is 2. The maximum absolute atomic E-state index is 13.7. The maximum Gasteiger partial charge on any atom is 0.173 e. The molecule has 17 heavy (non-hydrogen) atoms. The lowest BCUT2D eigenvalue weighted by atomic mass is 9.76. The molecule has 1 aromatic rings. The highest BCUT2D eigenvalue weighted by Gasteiger charge is 2.35. The Morgan fingerprint density at radius 1 is 1.41 bits per heavy atom. The van der Waals surface area contributed by atoms with Gasteiger partial charge in [0, 0.05) is 17.0 Å². The summed E-state index contributed by atoms with van der Waals surface area (Å²) in [5.74, 6) is -0.818. The van der Waals surface area contributed by atoms with Crippen LogP contribution in [0.5, 0.6) is 0 Å². The predicted molar refractivity (Wildman–Crippen MR) is 67.8 cm³/mol. The van der Waals surface area contributed by atoms with E-state index >= 15 is 0 Å². The van der Waals surface area contributed by atoms with Crippen LogP contribution in [0.1, 0.15) is 37.0 Å². The van der Waals surface area contributed by atoms with Gasteiger partial charge < -0.3 is 5.73 Å². The Labute approximate surface area is 106 Å². The minimum absolute atomic E-state index is 0.0727.